The highest BCUT2D eigenvalue weighted by Gasteiger charge is 2.25. The highest BCUT2D eigenvalue weighted by Crippen LogP contribution is 2.19. The molecule has 2 aromatic heterocycles. The molecular formula is C21H24BrN5O4. The summed E-state index contributed by atoms with van der Waals surface area (Å²) in [5.74, 6) is 0.361. The van der Waals surface area contributed by atoms with E-state index in [1.54, 1.807) is 43.6 Å². The first-order valence-corrected chi connectivity index (χ1v) is 10.5. The van der Waals surface area contributed by atoms with Crippen LogP contribution in [0.3, 0.4) is 0 Å². The zero-order valence-electron chi connectivity index (χ0n) is 17.5. The molecule has 0 spiro atoms. The number of rotatable bonds is 6. The molecule has 0 radical (unpaired) electrons. The van der Waals surface area contributed by atoms with Crippen LogP contribution in [-0.2, 0) is 16.1 Å². The smallest absolute Gasteiger partial charge is 0.416 e. The molecule has 164 valence electrons. The standard InChI is InChI=1S/C21H24BrN5O4/c1-21(2,3)31-20(29)26(18-10-9-17-24-13-16(22)27(17)25-18)12-11-23-19(28)30-14-15-7-5-4-6-8-15/h4-10,13H,11-12,14H2,1-3H3,(H,23,28). The molecule has 0 unspecified atom stereocenters. The summed E-state index contributed by atoms with van der Waals surface area (Å²) in [7, 11) is 0. The number of anilines is 1. The van der Waals surface area contributed by atoms with E-state index in [4.69, 9.17) is 9.47 Å². The number of ether oxygens (including phenoxy) is 2. The summed E-state index contributed by atoms with van der Waals surface area (Å²) in [5.41, 5.74) is 0.829. The van der Waals surface area contributed by atoms with Crippen LogP contribution in [0.4, 0.5) is 15.4 Å². The van der Waals surface area contributed by atoms with Crippen molar-refractivity contribution >= 4 is 39.6 Å². The average Bonchev–Trinajstić information content (AvgIpc) is 3.09. The Labute approximate surface area is 188 Å². The van der Waals surface area contributed by atoms with Gasteiger partial charge in [0.1, 0.15) is 16.8 Å². The van der Waals surface area contributed by atoms with Crippen LogP contribution >= 0.6 is 15.9 Å². The third-order valence-electron chi connectivity index (χ3n) is 4.01. The minimum absolute atomic E-state index is 0.139. The molecule has 1 N–H and O–H groups in total. The van der Waals surface area contributed by atoms with Gasteiger partial charge in [-0.05, 0) is 54.4 Å². The van der Waals surface area contributed by atoms with Crippen LogP contribution in [0, 0.1) is 0 Å². The first-order valence-electron chi connectivity index (χ1n) is 9.68. The quantitative estimate of drug-likeness (QED) is 0.558. The monoisotopic (exact) mass is 489 g/mol. The fourth-order valence-electron chi connectivity index (χ4n) is 2.64. The van der Waals surface area contributed by atoms with Gasteiger partial charge in [0.2, 0.25) is 0 Å². The number of carbonyl (C=O) groups excluding carboxylic acids is 2. The fraction of sp³-hybridized carbons (Fsp3) is 0.333. The lowest BCUT2D eigenvalue weighted by molar-refractivity contribution is 0.0578. The summed E-state index contributed by atoms with van der Waals surface area (Å²) in [6.45, 7) is 5.80. The molecule has 0 aliphatic rings. The van der Waals surface area contributed by atoms with E-state index in [-0.39, 0.29) is 19.7 Å². The Morgan fingerprint density at radius 3 is 2.61 bits per heavy atom. The first-order chi connectivity index (χ1) is 14.7. The second-order valence-corrected chi connectivity index (χ2v) is 8.48. The molecule has 0 fully saturated rings. The number of halogens is 1. The van der Waals surface area contributed by atoms with Gasteiger partial charge in [-0.1, -0.05) is 30.3 Å². The van der Waals surface area contributed by atoms with E-state index in [0.29, 0.717) is 16.1 Å². The van der Waals surface area contributed by atoms with Gasteiger partial charge in [0.15, 0.2) is 11.5 Å². The molecule has 0 saturated heterocycles. The number of carbonyl (C=O) groups is 2. The number of nitrogens with zero attached hydrogens (tertiary/aromatic N) is 4. The Kier molecular flexibility index (Phi) is 7.11. The van der Waals surface area contributed by atoms with Crippen molar-refractivity contribution in [2.45, 2.75) is 33.0 Å². The Morgan fingerprint density at radius 1 is 1.16 bits per heavy atom. The molecule has 0 bridgehead atoms. The Bertz CT molecular complexity index is 1050. The molecule has 31 heavy (non-hydrogen) atoms. The molecule has 0 aliphatic carbocycles. The molecular weight excluding hydrogens is 466 g/mol. The number of benzene rings is 1. The molecule has 3 aromatic rings. The zero-order chi connectivity index (χ0) is 22.4. The summed E-state index contributed by atoms with van der Waals surface area (Å²) in [6.07, 6.45) is 0.470. The minimum atomic E-state index is -0.683. The highest BCUT2D eigenvalue weighted by atomic mass is 79.9. The highest BCUT2D eigenvalue weighted by molar-refractivity contribution is 9.10. The van der Waals surface area contributed by atoms with Crippen LogP contribution in [0.25, 0.3) is 5.65 Å². The largest absolute Gasteiger partial charge is 0.445 e. The summed E-state index contributed by atoms with van der Waals surface area (Å²) >= 11 is 3.37. The first kappa shape index (κ1) is 22.5. The topological polar surface area (TPSA) is 98.1 Å². The third-order valence-corrected chi connectivity index (χ3v) is 4.56. The molecule has 0 atom stereocenters. The van der Waals surface area contributed by atoms with Crippen LogP contribution in [0.2, 0.25) is 0 Å². The van der Waals surface area contributed by atoms with Gasteiger partial charge in [-0.2, -0.15) is 0 Å². The predicted octanol–water partition coefficient (Wildman–Crippen LogP) is 4.16. The Balaban J connectivity index is 1.65. The molecule has 9 nitrogen and oxygen atoms in total. The SMILES string of the molecule is CC(C)(C)OC(=O)N(CCNC(=O)OCc1ccccc1)c1ccc2ncc(Br)n2n1. The number of imidazole rings is 1. The lowest BCUT2D eigenvalue weighted by Gasteiger charge is -2.26. The van der Waals surface area contributed by atoms with Gasteiger partial charge >= 0.3 is 12.2 Å². The maximum absolute atomic E-state index is 12.8. The van der Waals surface area contributed by atoms with Crippen molar-refractivity contribution in [3.8, 4) is 0 Å². The average molecular weight is 490 g/mol. The van der Waals surface area contributed by atoms with Crippen LogP contribution in [0.1, 0.15) is 26.3 Å². The number of nitrogens with one attached hydrogen (secondary N) is 1. The van der Waals surface area contributed by atoms with Crippen LogP contribution < -0.4 is 10.2 Å². The van der Waals surface area contributed by atoms with Crippen molar-refractivity contribution in [2.24, 2.45) is 0 Å². The maximum atomic E-state index is 12.8. The van der Waals surface area contributed by atoms with Crippen molar-refractivity contribution in [3.05, 3.63) is 58.8 Å². The van der Waals surface area contributed by atoms with E-state index in [0.717, 1.165) is 5.56 Å². The summed E-state index contributed by atoms with van der Waals surface area (Å²) < 4.78 is 12.9. The van der Waals surface area contributed by atoms with Crippen LogP contribution in [0.5, 0.6) is 0 Å². The normalized spacial score (nSPS) is 11.2. The summed E-state index contributed by atoms with van der Waals surface area (Å²) in [5, 5.41) is 7.10. The number of aromatic nitrogens is 3. The number of fused-ring (bicyclic) bond motifs is 1. The van der Waals surface area contributed by atoms with Gasteiger partial charge < -0.3 is 14.8 Å². The van der Waals surface area contributed by atoms with E-state index in [1.807, 2.05) is 30.3 Å². The maximum Gasteiger partial charge on any atom is 0.416 e. The molecule has 2 heterocycles. The molecule has 0 aliphatic heterocycles. The number of hydrogen-bond acceptors (Lipinski definition) is 6. The second-order valence-electron chi connectivity index (χ2n) is 7.66. The molecule has 3 rings (SSSR count). The number of alkyl carbamates (subject to hydrolysis) is 1. The Morgan fingerprint density at radius 2 is 1.90 bits per heavy atom. The van der Waals surface area contributed by atoms with E-state index < -0.39 is 17.8 Å². The molecule has 10 heteroatoms. The van der Waals surface area contributed by atoms with Gasteiger partial charge in [0, 0.05) is 13.1 Å². The molecule has 0 saturated carbocycles. The Hall–Kier alpha value is -3.14. The van der Waals surface area contributed by atoms with Crippen molar-refractivity contribution in [1.82, 2.24) is 19.9 Å². The second kappa shape index (κ2) is 9.78. The summed E-state index contributed by atoms with van der Waals surface area (Å²) in [6, 6.07) is 12.8. The van der Waals surface area contributed by atoms with E-state index >= 15 is 0 Å². The van der Waals surface area contributed by atoms with E-state index in [9.17, 15) is 9.59 Å². The third kappa shape index (κ3) is 6.42. The number of amides is 2. The van der Waals surface area contributed by atoms with Crippen LogP contribution in [-0.4, -0.2) is 45.5 Å². The van der Waals surface area contributed by atoms with Gasteiger partial charge in [0.05, 0.1) is 6.20 Å². The lowest BCUT2D eigenvalue weighted by atomic mass is 10.2. The minimum Gasteiger partial charge on any atom is -0.445 e. The van der Waals surface area contributed by atoms with Gasteiger partial charge in [-0.3, -0.25) is 4.90 Å². The van der Waals surface area contributed by atoms with E-state index in [2.05, 4.69) is 31.3 Å². The molecule has 2 amide bonds. The summed E-state index contributed by atoms with van der Waals surface area (Å²) in [4.78, 5) is 30.4. The zero-order valence-corrected chi connectivity index (χ0v) is 19.1. The van der Waals surface area contributed by atoms with Gasteiger partial charge in [0.25, 0.3) is 0 Å². The predicted molar refractivity (Wildman–Crippen MR) is 119 cm³/mol. The molecule has 1 aromatic carbocycles. The van der Waals surface area contributed by atoms with Crippen molar-refractivity contribution < 1.29 is 19.1 Å². The number of hydrogen-bond donors (Lipinski definition) is 1. The van der Waals surface area contributed by atoms with E-state index in [1.165, 1.54) is 4.90 Å². The van der Waals surface area contributed by atoms with Crippen molar-refractivity contribution in [1.29, 1.82) is 0 Å². The van der Waals surface area contributed by atoms with Crippen LogP contribution in [0.15, 0.2) is 53.3 Å². The van der Waals surface area contributed by atoms with Gasteiger partial charge in [-0.25, -0.2) is 19.1 Å². The fourth-order valence-corrected chi connectivity index (χ4v) is 3.00. The van der Waals surface area contributed by atoms with Crippen molar-refractivity contribution in [2.75, 3.05) is 18.0 Å². The van der Waals surface area contributed by atoms with Crippen molar-refractivity contribution in [3.63, 3.8) is 0 Å². The lowest BCUT2D eigenvalue weighted by Crippen LogP contribution is -2.42. The van der Waals surface area contributed by atoms with Gasteiger partial charge in [-0.15, -0.1) is 5.10 Å².